The first-order valence-corrected chi connectivity index (χ1v) is 4.70. The van der Waals surface area contributed by atoms with E-state index in [1.54, 1.807) is 11.3 Å². The van der Waals surface area contributed by atoms with E-state index in [1.165, 1.54) is 16.7 Å². The molecule has 1 aromatic rings. The smallest absolute Gasteiger partial charge is 0.00178 e. The minimum absolute atomic E-state index is 1.04. The maximum absolute atomic E-state index is 3.73. The molecule has 1 aliphatic rings. The van der Waals surface area contributed by atoms with E-state index in [-0.39, 0.29) is 0 Å². The lowest BCUT2D eigenvalue weighted by molar-refractivity contribution is 1.12. The van der Waals surface area contributed by atoms with Gasteiger partial charge in [-0.15, -0.1) is 6.58 Å². The van der Waals surface area contributed by atoms with Crippen LogP contribution in [0.3, 0.4) is 0 Å². The van der Waals surface area contributed by atoms with Crippen molar-refractivity contribution in [3.63, 3.8) is 0 Å². The number of rotatable bonds is 2. The van der Waals surface area contributed by atoms with Gasteiger partial charge in [-0.3, -0.25) is 0 Å². The van der Waals surface area contributed by atoms with Gasteiger partial charge in [0.15, 0.2) is 0 Å². The second-order valence-corrected chi connectivity index (χ2v) is 3.57. The molecule has 11 heavy (non-hydrogen) atoms. The van der Waals surface area contributed by atoms with Crippen molar-refractivity contribution in [1.82, 2.24) is 0 Å². The topological polar surface area (TPSA) is 0 Å². The van der Waals surface area contributed by atoms with Crippen LogP contribution in [-0.2, 0) is 6.42 Å². The van der Waals surface area contributed by atoms with Gasteiger partial charge >= 0.3 is 0 Å². The third-order valence-corrected chi connectivity index (χ3v) is 2.77. The van der Waals surface area contributed by atoms with E-state index in [0.29, 0.717) is 0 Å². The van der Waals surface area contributed by atoms with Gasteiger partial charge in [0.25, 0.3) is 0 Å². The first-order valence-electron chi connectivity index (χ1n) is 3.75. The maximum atomic E-state index is 3.73. The molecule has 0 spiro atoms. The summed E-state index contributed by atoms with van der Waals surface area (Å²) in [5.74, 6) is 0. The molecular formula is C10H10S. The monoisotopic (exact) mass is 162 g/mol. The van der Waals surface area contributed by atoms with Gasteiger partial charge in [-0.05, 0) is 34.7 Å². The van der Waals surface area contributed by atoms with Crippen molar-refractivity contribution >= 4 is 17.4 Å². The summed E-state index contributed by atoms with van der Waals surface area (Å²) in [7, 11) is 0. The molecule has 0 radical (unpaired) electrons. The molecule has 0 aliphatic heterocycles. The van der Waals surface area contributed by atoms with Crippen molar-refractivity contribution in [3.05, 3.63) is 40.1 Å². The molecule has 0 nitrogen and oxygen atoms in total. The molecule has 0 N–H and O–H groups in total. The van der Waals surface area contributed by atoms with Crippen LogP contribution >= 0.6 is 11.3 Å². The van der Waals surface area contributed by atoms with Crippen LogP contribution in [0.1, 0.15) is 17.5 Å². The van der Waals surface area contributed by atoms with Gasteiger partial charge in [0, 0.05) is 0 Å². The van der Waals surface area contributed by atoms with Gasteiger partial charge in [-0.2, -0.15) is 11.3 Å². The fourth-order valence-corrected chi connectivity index (χ4v) is 2.25. The molecule has 0 saturated heterocycles. The first kappa shape index (κ1) is 6.86. The van der Waals surface area contributed by atoms with E-state index in [2.05, 4.69) is 23.4 Å². The molecule has 0 atom stereocenters. The van der Waals surface area contributed by atoms with Gasteiger partial charge in [0.2, 0.25) is 0 Å². The normalized spacial score (nSPS) is 14.4. The Kier molecular flexibility index (Phi) is 1.66. The Labute approximate surface area is 70.9 Å². The average molecular weight is 162 g/mol. The zero-order valence-electron chi connectivity index (χ0n) is 6.34. The van der Waals surface area contributed by atoms with Gasteiger partial charge in [-0.1, -0.05) is 17.7 Å². The lowest BCUT2D eigenvalue weighted by Crippen LogP contribution is -1.79. The fraction of sp³-hybridized carbons (Fsp3) is 0.200. The van der Waals surface area contributed by atoms with Gasteiger partial charge in [-0.25, -0.2) is 0 Å². The van der Waals surface area contributed by atoms with Crippen LogP contribution < -0.4 is 0 Å². The van der Waals surface area contributed by atoms with Crippen molar-refractivity contribution < 1.29 is 0 Å². The lowest BCUT2D eigenvalue weighted by Gasteiger charge is -1.93. The van der Waals surface area contributed by atoms with Crippen molar-refractivity contribution in [2.45, 2.75) is 12.8 Å². The van der Waals surface area contributed by atoms with Crippen LogP contribution in [-0.4, -0.2) is 0 Å². The van der Waals surface area contributed by atoms with Crippen molar-refractivity contribution in [2.24, 2.45) is 0 Å². The largest absolute Gasteiger partial charge is 0.151 e. The molecule has 0 amide bonds. The van der Waals surface area contributed by atoms with Gasteiger partial charge in [0.05, 0.1) is 0 Å². The number of allylic oxidation sites excluding steroid dienone is 2. The van der Waals surface area contributed by atoms with Crippen molar-refractivity contribution in [2.75, 3.05) is 0 Å². The SMILES string of the molecule is C=CCC1=Cc2cscc2C1. The van der Waals surface area contributed by atoms with Crippen LogP contribution in [0.2, 0.25) is 0 Å². The number of hydrogen-bond acceptors (Lipinski definition) is 1. The van der Waals surface area contributed by atoms with E-state index < -0.39 is 0 Å². The van der Waals surface area contributed by atoms with Crippen LogP contribution in [0.25, 0.3) is 6.08 Å². The zero-order chi connectivity index (χ0) is 7.68. The summed E-state index contributed by atoms with van der Waals surface area (Å²) >= 11 is 1.79. The number of fused-ring (bicyclic) bond motifs is 1. The predicted molar refractivity (Wildman–Crippen MR) is 50.8 cm³/mol. The molecule has 0 saturated carbocycles. The maximum Gasteiger partial charge on any atom is -0.00178 e. The Morgan fingerprint density at radius 1 is 1.55 bits per heavy atom. The summed E-state index contributed by atoms with van der Waals surface area (Å²) in [5.41, 5.74) is 4.41. The van der Waals surface area contributed by atoms with Gasteiger partial charge < -0.3 is 0 Å². The summed E-state index contributed by atoms with van der Waals surface area (Å²) < 4.78 is 0. The summed E-state index contributed by atoms with van der Waals surface area (Å²) in [6, 6.07) is 0. The molecule has 0 aromatic carbocycles. The number of hydrogen-bond donors (Lipinski definition) is 0. The third kappa shape index (κ3) is 1.16. The molecule has 1 heteroatoms. The summed E-state index contributed by atoms with van der Waals surface area (Å²) in [6.45, 7) is 3.73. The minimum atomic E-state index is 1.04. The average Bonchev–Trinajstić information content (AvgIpc) is 2.46. The van der Waals surface area contributed by atoms with Crippen LogP contribution in [0.4, 0.5) is 0 Å². The Morgan fingerprint density at radius 2 is 2.45 bits per heavy atom. The summed E-state index contributed by atoms with van der Waals surface area (Å²) in [5, 5.41) is 4.45. The van der Waals surface area contributed by atoms with E-state index in [4.69, 9.17) is 0 Å². The first-order chi connectivity index (χ1) is 5.40. The second kappa shape index (κ2) is 2.67. The van der Waals surface area contributed by atoms with Crippen molar-refractivity contribution in [3.8, 4) is 0 Å². The standard InChI is InChI=1S/C10H10S/c1-2-3-8-4-9-6-11-7-10(9)5-8/h2,4,6-7H,1,3,5H2. The third-order valence-electron chi connectivity index (χ3n) is 1.96. The van der Waals surface area contributed by atoms with Crippen LogP contribution in [0.5, 0.6) is 0 Å². The Hall–Kier alpha value is -0.820. The van der Waals surface area contributed by atoms with Crippen LogP contribution in [0, 0.1) is 0 Å². The predicted octanol–water partition coefficient (Wildman–Crippen LogP) is 3.26. The molecule has 1 aliphatic carbocycles. The second-order valence-electron chi connectivity index (χ2n) is 2.82. The zero-order valence-corrected chi connectivity index (χ0v) is 7.16. The van der Waals surface area contributed by atoms with E-state index in [1.807, 2.05) is 6.08 Å². The summed E-state index contributed by atoms with van der Waals surface area (Å²) in [4.78, 5) is 0. The fourth-order valence-electron chi connectivity index (χ4n) is 1.44. The summed E-state index contributed by atoms with van der Waals surface area (Å²) in [6.07, 6.45) is 6.44. The van der Waals surface area contributed by atoms with Crippen LogP contribution in [0.15, 0.2) is 29.0 Å². The van der Waals surface area contributed by atoms with E-state index in [9.17, 15) is 0 Å². The molecule has 56 valence electrons. The minimum Gasteiger partial charge on any atom is -0.151 e. The lowest BCUT2D eigenvalue weighted by atomic mass is 10.1. The molecule has 2 rings (SSSR count). The Balaban J connectivity index is 2.24. The molecule has 1 heterocycles. The Morgan fingerprint density at radius 3 is 3.18 bits per heavy atom. The molecule has 0 unspecified atom stereocenters. The Bertz CT molecular complexity index is 304. The van der Waals surface area contributed by atoms with E-state index >= 15 is 0 Å². The number of thiophene rings is 1. The highest BCUT2D eigenvalue weighted by atomic mass is 32.1. The molecule has 0 fully saturated rings. The highest BCUT2D eigenvalue weighted by Gasteiger charge is 2.11. The van der Waals surface area contributed by atoms with E-state index in [0.717, 1.165) is 12.8 Å². The van der Waals surface area contributed by atoms with Gasteiger partial charge in [0.1, 0.15) is 0 Å². The van der Waals surface area contributed by atoms with Crippen molar-refractivity contribution in [1.29, 1.82) is 0 Å². The highest BCUT2D eigenvalue weighted by molar-refractivity contribution is 7.08. The molecule has 1 aromatic heterocycles. The quantitative estimate of drug-likeness (QED) is 0.585. The molecular weight excluding hydrogens is 152 g/mol. The highest BCUT2D eigenvalue weighted by Crippen LogP contribution is 2.29. The molecule has 0 bridgehead atoms.